The molecule has 0 spiro atoms. The molecule has 5 heteroatoms. The van der Waals surface area contributed by atoms with Gasteiger partial charge >= 0.3 is 0 Å². The van der Waals surface area contributed by atoms with Gasteiger partial charge in [0.25, 0.3) is 0 Å². The van der Waals surface area contributed by atoms with Gasteiger partial charge in [0.2, 0.25) is 0 Å². The molecule has 0 amide bonds. The van der Waals surface area contributed by atoms with E-state index in [9.17, 15) is 0 Å². The molecule has 0 bridgehead atoms. The first-order chi connectivity index (χ1) is 24.8. The minimum Gasteiger partial charge on any atom is -0.454 e. The molecule has 5 nitrogen and oxygen atoms in total. The Morgan fingerprint density at radius 3 is 1.94 bits per heavy atom. The maximum absolute atomic E-state index is 6.78. The van der Waals surface area contributed by atoms with Gasteiger partial charge in [-0.1, -0.05) is 127 Å². The van der Waals surface area contributed by atoms with Crippen molar-refractivity contribution in [3.63, 3.8) is 0 Å². The summed E-state index contributed by atoms with van der Waals surface area (Å²) in [5.41, 5.74) is 11.6. The lowest BCUT2D eigenvalue weighted by Crippen LogP contribution is -2.00. The van der Waals surface area contributed by atoms with Gasteiger partial charge in [-0.05, 0) is 59.9 Å². The highest BCUT2D eigenvalue weighted by atomic mass is 16.3. The zero-order chi connectivity index (χ0) is 33.0. The third-order valence-electron chi connectivity index (χ3n) is 9.73. The van der Waals surface area contributed by atoms with Crippen LogP contribution in [-0.4, -0.2) is 19.5 Å². The molecule has 0 radical (unpaired) electrons. The van der Waals surface area contributed by atoms with Gasteiger partial charge in [-0.3, -0.25) is 0 Å². The maximum atomic E-state index is 6.78. The largest absolute Gasteiger partial charge is 0.454 e. The third-order valence-corrected chi connectivity index (χ3v) is 9.73. The van der Waals surface area contributed by atoms with E-state index in [1.54, 1.807) is 0 Å². The third kappa shape index (κ3) is 4.59. The first-order valence-corrected chi connectivity index (χ1v) is 17.0. The summed E-state index contributed by atoms with van der Waals surface area (Å²) in [6, 6.07) is 50.2. The van der Waals surface area contributed by atoms with E-state index in [1.165, 1.54) is 22.2 Å². The number of furan rings is 1. The van der Waals surface area contributed by atoms with Gasteiger partial charge in [-0.15, -0.1) is 0 Å². The van der Waals surface area contributed by atoms with E-state index in [0.29, 0.717) is 17.5 Å². The Labute approximate surface area is 288 Å². The Kier molecular flexibility index (Phi) is 6.56. The summed E-state index contributed by atoms with van der Waals surface area (Å²) in [6.07, 6.45) is 6.64. The van der Waals surface area contributed by atoms with Crippen LogP contribution in [0.3, 0.4) is 0 Å². The molecule has 0 N–H and O–H groups in total. The Balaban J connectivity index is 1.15. The molecule has 10 rings (SSSR count). The highest BCUT2D eigenvalue weighted by Gasteiger charge is 2.22. The van der Waals surface area contributed by atoms with E-state index in [4.69, 9.17) is 19.4 Å². The van der Waals surface area contributed by atoms with Crippen molar-refractivity contribution >= 4 is 38.9 Å². The van der Waals surface area contributed by atoms with Gasteiger partial charge < -0.3 is 8.98 Å². The fourth-order valence-corrected chi connectivity index (χ4v) is 7.46. The van der Waals surface area contributed by atoms with Gasteiger partial charge in [0.05, 0.1) is 11.2 Å². The van der Waals surface area contributed by atoms with Crippen LogP contribution in [0.2, 0.25) is 0 Å². The topological polar surface area (TPSA) is 56.7 Å². The van der Waals surface area contributed by atoms with Gasteiger partial charge in [0.1, 0.15) is 5.58 Å². The molecule has 0 aliphatic heterocycles. The number of benzene rings is 6. The first kappa shape index (κ1) is 28.4. The summed E-state index contributed by atoms with van der Waals surface area (Å²) in [5, 5.41) is 3.48. The molecule has 9 aromatic rings. The maximum Gasteiger partial charge on any atom is 0.164 e. The highest BCUT2D eigenvalue weighted by Crippen LogP contribution is 2.42. The number of aromatic nitrogens is 4. The summed E-state index contributed by atoms with van der Waals surface area (Å²) in [6.45, 7) is 0. The van der Waals surface area contributed by atoms with Crippen molar-refractivity contribution in [3.8, 4) is 51.0 Å². The average molecular weight is 643 g/mol. The quantitative estimate of drug-likeness (QED) is 0.187. The van der Waals surface area contributed by atoms with Crippen LogP contribution in [0, 0.1) is 0 Å². The smallest absolute Gasteiger partial charge is 0.164 e. The van der Waals surface area contributed by atoms with E-state index >= 15 is 0 Å². The number of rotatable bonds is 5. The van der Waals surface area contributed by atoms with Crippen LogP contribution in [-0.2, 0) is 6.42 Å². The molecule has 1 aliphatic rings. The van der Waals surface area contributed by atoms with Crippen LogP contribution in [0.5, 0.6) is 0 Å². The van der Waals surface area contributed by atoms with Crippen LogP contribution in [0.4, 0.5) is 0 Å². The molecule has 0 saturated carbocycles. The Morgan fingerprint density at radius 1 is 0.540 bits per heavy atom. The van der Waals surface area contributed by atoms with Gasteiger partial charge in [0.15, 0.2) is 23.1 Å². The van der Waals surface area contributed by atoms with Gasteiger partial charge in [0, 0.05) is 38.5 Å². The first-order valence-electron chi connectivity index (χ1n) is 17.0. The van der Waals surface area contributed by atoms with Crippen molar-refractivity contribution in [1.82, 2.24) is 19.5 Å². The van der Waals surface area contributed by atoms with Crippen LogP contribution in [0.15, 0.2) is 156 Å². The second kappa shape index (κ2) is 11.5. The Hall–Kier alpha value is -6.59. The van der Waals surface area contributed by atoms with Gasteiger partial charge in [-0.25, -0.2) is 15.0 Å². The predicted octanol–water partition coefficient (Wildman–Crippen LogP) is 11.3. The zero-order valence-corrected chi connectivity index (χ0v) is 27.1. The SMILES string of the molecule is C1=Cc2c(c3ccccc3n2-c2cccc3c2oc2cccc(-c4cccc(-c5nc(-c6ccccc6)nc(-c6ccccc6)n5)c4)c23)CC1. The minimum absolute atomic E-state index is 0.628. The number of allylic oxidation sites excluding steroid dienone is 1. The lowest BCUT2D eigenvalue weighted by atomic mass is 9.97. The van der Waals surface area contributed by atoms with Gasteiger partial charge in [-0.2, -0.15) is 0 Å². The summed E-state index contributed by atoms with van der Waals surface area (Å²) in [4.78, 5) is 14.9. The highest BCUT2D eigenvalue weighted by molar-refractivity contribution is 6.14. The molecule has 0 fully saturated rings. The molecule has 50 heavy (non-hydrogen) atoms. The monoisotopic (exact) mass is 642 g/mol. The lowest BCUT2D eigenvalue weighted by Gasteiger charge is -2.12. The molecule has 1 aliphatic carbocycles. The summed E-state index contributed by atoms with van der Waals surface area (Å²) >= 11 is 0. The Morgan fingerprint density at radius 2 is 1.16 bits per heavy atom. The normalized spacial score (nSPS) is 12.6. The van der Waals surface area contributed by atoms with E-state index < -0.39 is 0 Å². The summed E-state index contributed by atoms with van der Waals surface area (Å²) in [5.74, 6) is 1.91. The van der Waals surface area contributed by atoms with Crippen molar-refractivity contribution in [1.29, 1.82) is 0 Å². The van der Waals surface area contributed by atoms with Crippen molar-refractivity contribution in [2.24, 2.45) is 0 Å². The number of aryl methyl sites for hydroxylation is 1. The molecule has 3 aromatic heterocycles. The number of nitrogens with zero attached hydrogens (tertiary/aromatic N) is 4. The molecular weight excluding hydrogens is 613 g/mol. The minimum atomic E-state index is 0.628. The average Bonchev–Trinajstić information content (AvgIpc) is 3.75. The van der Waals surface area contributed by atoms with Crippen molar-refractivity contribution in [2.45, 2.75) is 12.8 Å². The van der Waals surface area contributed by atoms with Crippen LogP contribution < -0.4 is 0 Å². The van der Waals surface area contributed by atoms with Crippen LogP contribution >= 0.6 is 0 Å². The van der Waals surface area contributed by atoms with E-state index in [-0.39, 0.29) is 0 Å². The summed E-state index contributed by atoms with van der Waals surface area (Å²) in [7, 11) is 0. The second-order valence-corrected chi connectivity index (χ2v) is 12.7. The van der Waals surface area contributed by atoms with Crippen molar-refractivity contribution < 1.29 is 4.42 Å². The van der Waals surface area contributed by atoms with Crippen LogP contribution in [0.1, 0.15) is 17.7 Å². The molecule has 0 saturated heterocycles. The van der Waals surface area contributed by atoms with E-state index in [1.807, 2.05) is 60.7 Å². The zero-order valence-electron chi connectivity index (χ0n) is 27.1. The fourth-order valence-electron chi connectivity index (χ4n) is 7.46. The number of para-hydroxylation sites is 2. The lowest BCUT2D eigenvalue weighted by molar-refractivity contribution is 0.665. The molecular formula is C45H30N4O. The molecule has 3 heterocycles. The van der Waals surface area contributed by atoms with E-state index in [0.717, 1.165) is 68.3 Å². The van der Waals surface area contributed by atoms with Crippen molar-refractivity contribution in [3.05, 3.63) is 163 Å². The fraction of sp³-hybridized carbons (Fsp3) is 0.0444. The van der Waals surface area contributed by atoms with Crippen LogP contribution in [0.25, 0.3) is 89.9 Å². The van der Waals surface area contributed by atoms with E-state index in [2.05, 4.69) is 102 Å². The van der Waals surface area contributed by atoms with Crippen molar-refractivity contribution in [2.75, 3.05) is 0 Å². The molecule has 6 aromatic carbocycles. The Bertz CT molecular complexity index is 2700. The molecule has 0 atom stereocenters. The number of hydrogen-bond acceptors (Lipinski definition) is 4. The number of fused-ring (bicyclic) bond motifs is 6. The predicted molar refractivity (Wildman–Crippen MR) is 203 cm³/mol. The number of hydrogen-bond donors (Lipinski definition) is 0. The summed E-state index contributed by atoms with van der Waals surface area (Å²) < 4.78 is 9.15. The standard InChI is InChI=1S/C45H30N4O/c1-3-14-29(15-4-1)43-46-44(30-16-5-2-6-17-30)48-45(47-43)32-19-11-18-31(28-32)33-22-13-27-40-41(33)36-23-12-26-39(42(36)50-40)49-37-24-9-7-20-34(37)35-21-8-10-25-38(35)49/h1-7,9-20,22-28H,8,21H2. The molecule has 0 unspecified atom stereocenters. The molecule has 236 valence electrons. The second-order valence-electron chi connectivity index (χ2n) is 12.7.